The van der Waals surface area contributed by atoms with Gasteiger partial charge >= 0.3 is 0 Å². The van der Waals surface area contributed by atoms with E-state index in [2.05, 4.69) is 20.6 Å². The number of amides is 1. The predicted molar refractivity (Wildman–Crippen MR) is 90.8 cm³/mol. The Bertz CT molecular complexity index is 780. The van der Waals surface area contributed by atoms with E-state index >= 15 is 0 Å². The highest BCUT2D eigenvalue weighted by Crippen LogP contribution is 2.17. The van der Waals surface area contributed by atoms with E-state index in [1.54, 1.807) is 6.07 Å². The summed E-state index contributed by atoms with van der Waals surface area (Å²) in [7, 11) is 0. The second-order valence-electron chi connectivity index (χ2n) is 5.09. The van der Waals surface area contributed by atoms with Gasteiger partial charge in [-0.1, -0.05) is 18.2 Å². The van der Waals surface area contributed by atoms with E-state index in [0.717, 1.165) is 22.7 Å². The Balaban J connectivity index is 1.50. The molecule has 0 saturated heterocycles. The summed E-state index contributed by atoms with van der Waals surface area (Å²) in [4.78, 5) is 18.7. The number of carbonyl (C=O) groups excluding carboxylic acids is 1. The van der Waals surface area contributed by atoms with Crippen LogP contribution in [0.25, 0.3) is 11.0 Å². The van der Waals surface area contributed by atoms with Crippen LogP contribution in [0, 0.1) is 0 Å². The van der Waals surface area contributed by atoms with Crippen molar-refractivity contribution in [2.45, 2.75) is 6.92 Å². The summed E-state index contributed by atoms with van der Waals surface area (Å²) in [5, 5.41) is 5.92. The number of carbonyl (C=O) groups is 1. The van der Waals surface area contributed by atoms with E-state index in [1.807, 2.05) is 42.5 Å². The van der Waals surface area contributed by atoms with Gasteiger partial charge in [-0.2, -0.15) is 0 Å². The zero-order valence-electron chi connectivity index (χ0n) is 12.8. The van der Waals surface area contributed by atoms with Crippen LogP contribution < -0.4 is 15.4 Å². The van der Waals surface area contributed by atoms with Crippen molar-refractivity contribution in [2.24, 2.45) is 0 Å². The predicted octanol–water partition coefficient (Wildman–Crippen LogP) is 3.01. The van der Waals surface area contributed by atoms with Gasteiger partial charge in [-0.3, -0.25) is 4.79 Å². The Kier molecular flexibility index (Phi) is 4.42. The van der Waals surface area contributed by atoms with Gasteiger partial charge in [0.05, 0.1) is 17.6 Å². The lowest BCUT2D eigenvalue weighted by Gasteiger charge is -2.08. The number of aromatic amines is 1. The summed E-state index contributed by atoms with van der Waals surface area (Å²) in [6, 6.07) is 15.2. The lowest BCUT2D eigenvalue weighted by molar-refractivity contribution is -0.114. The standard InChI is InChI=1S/C17H18N4O2/c1-12(22)19-13-5-4-6-14(11-13)23-10-9-18-17-20-15-7-2-3-8-16(15)21-17/h2-8,11H,9-10H2,1H3,(H,19,22)(H2,18,20,21). The summed E-state index contributed by atoms with van der Waals surface area (Å²) in [6.45, 7) is 2.58. The average Bonchev–Trinajstić information content (AvgIpc) is 2.94. The first kappa shape index (κ1) is 14.9. The highest BCUT2D eigenvalue weighted by atomic mass is 16.5. The zero-order valence-corrected chi connectivity index (χ0v) is 12.8. The topological polar surface area (TPSA) is 79.0 Å². The number of benzene rings is 2. The molecule has 1 heterocycles. The molecule has 0 aliphatic heterocycles. The van der Waals surface area contributed by atoms with Crippen LogP contribution in [-0.4, -0.2) is 29.0 Å². The molecule has 1 aromatic heterocycles. The lowest BCUT2D eigenvalue weighted by atomic mass is 10.3. The van der Waals surface area contributed by atoms with Crippen molar-refractivity contribution in [3.63, 3.8) is 0 Å². The molecular formula is C17H18N4O2. The van der Waals surface area contributed by atoms with E-state index < -0.39 is 0 Å². The van der Waals surface area contributed by atoms with Gasteiger partial charge in [0.2, 0.25) is 11.9 Å². The van der Waals surface area contributed by atoms with Crippen LogP contribution >= 0.6 is 0 Å². The molecule has 118 valence electrons. The minimum atomic E-state index is -0.103. The fourth-order valence-electron chi connectivity index (χ4n) is 2.24. The van der Waals surface area contributed by atoms with E-state index in [0.29, 0.717) is 18.9 Å². The number of hydrogen-bond donors (Lipinski definition) is 3. The molecule has 0 aliphatic rings. The molecule has 3 N–H and O–H groups in total. The monoisotopic (exact) mass is 310 g/mol. The van der Waals surface area contributed by atoms with Crippen molar-refractivity contribution >= 4 is 28.6 Å². The average molecular weight is 310 g/mol. The van der Waals surface area contributed by atoms with Gasteiger partial charge in [0.1, 0.15) is 12.4 Å². The van der Waals surface area contributed by atoms with Crippen LogP contribution in [0.4, 0.5) is 11.6 Å². The summed E-state index contributed by atoms with van der Waals surface area (Å²) in [6.07, 6.45) is 0. The number of hydrogen-bond acceptors (Lipinski definition) is 4. The maximum atomic E-state index is 11.0. The van der Waals surface area contributed by atoms with Crippen LogP contribution in [-0.2, 0) is 4.79 Å². The molecule has 3 aromatic rings. The molecule has 23 heavy (non-hydrogen) atoms. The fraction of sp³-hybridized carbons (Fsp3) is 0.176. The highest BCUT2D eigenvalue weighted by molar-refractivity contribution is 5.88. The second-order valence-corrected chi connectivity index (χ2v) is 5.09. The minimum absolute atomic E-state index is 0.103. The van der Waals surface area contributed by atoms with Crippen LogP contribution in [0.15, 0.2) is 48.5 Å². The molecule has 6 nitrogen and oxygen atoms in total. The third-order valence-corrected chi connectivity index (χ3v) is 3.21. The van der Waals surface area contributed by atoms with Crippen LogP contribution in [0.1, 0.15) is 6.92 Å². The number of nitrogens with zero attached hydrogens (tertiary/aromatic N) is 1. The highest BCUT2D eigenvalue weighted by Gasteiger charge is 2.02. The van der Waals surface area contributed by atoms with E-state index in [4.69, 9.17) is 4.74 Å². The maximum Gasteiger partial charge on any atom is 0.221 e. The smallest absolute Gasteiger partial charge is 0.221 e. The Hall–Kier alpha value is -3.02. The Labute approximate surface area is 133 Å². The van der Waals surface area contributed by atoms with Crippen LogP contribution in [0.2, 0.25) is 0 Å². The Morgan fingerprint density at radius 1 is 1.22 bits per heavy atom. The third kappa shape index (κ3) is 4.00. The summed E-state index contributed by atoms with van der Waals surface area (Å²) in [5.41, 5.74) is 2.65. The van der Waals surface area contributed by atoms with Gasteiger partial charge in [-0.15, -0.1) is 0 Å². The third-order valence-electron chi connectivity index (χ3n) is 3.21. The molecule has 0 spiro atoms. The first-order chi connectivity index (χ1) is 11.2. The van der Waals surface area contributed by atoms with Crippen molar-refractivity contribution in [2.75, 3.05) is 23.8 Å². The summed E-state index contributed by atoms with van der Waals surface area (Å²) < 4.78 is 5.67. The Morgan fingerprint density at radius 2 is 2.09 bits per heavy atom. The first-order valence-electron chi connectivity index (χ1n) is 7.40. The van der Waals surface area contributed by atoms with Gasteiger partial charge in [-0.05, 0) is 24.3 Å². The molecule has 6 heteroatoms. The number of para-hydroxylation sites is 2. The largest absolute Gasteiger partial charge is 0.492 e. The van der Waals surface area contributed by atoms with Gasteiger partial charge in [0.25, 0.3) is 0 Å². The number of anilines is 2. The van der Waals surface area contributed by atoms with Crippen molar-refractivity contribution in [3.8, 4) is 5.75 Å². The van der Waals surface area contributed by atoms with Gasteiger partial charge < -0.3 is 20.4 Å². The van der Waals surface area contributed by atoms with Crippen LogP contribution in [0.3, 0.4) is 0 Å². The van der Waals surface area contributed by atoms with Crippen molar-refractivity contribution in [1.29, 1.82) is 0 Å². The molecule has 0 radical (unpaired) electrons. The van der Waals surface area contributed by atoms with Gasteiger partial charge in [0.15, 0.2) is 0 Å². The quantitative estimate of drug-likeness (QED) is 0.612. The minimum Gasteiger partial charge on any atom is -0.492 e. The number of H-pyrrole nitrogens is 1. The molecule has 2 aromatic carbocycles. The number of aromatic nitrogens is 2. The molecule has 0 aliphatic carbocycles. The SMILES string of the molecule is CC(=O)Nc1cccc(OCCNc2nc3ccccc3[nH]2)c1. The van der Waals surface area contributed by atoms with Gasteiger partial charge in [-0.25, -0.2) is 4.98 Å². The van der Waals surface area contributed by atoms with Crippen molar-refractivity contribution in [3.05, 3.63) is 48.5 Å². The second kappa shape index (κ2) is 6.83. The maximum absolute atomic E-state index is 11.0. The molecule has 0 fully saturated rings. The Morgan fingerprint density at radius 3 is 2.91 bits per heavy atom. The number of nitrogens with one attached hydrogen (secondary N) is 3. The lowest BCUT2D eigenvalue weighted by Crippen LogP contribution is -2.12. The molecule has 3 rings (SSSR count). The normalized spacial score (nSPS) is 10.5. The summed E-state index contributed by atoms with van der Waals surface area (Å²) >= 11 is 0. The number of imidazole rings is 1. The molecule has 0 atom stereocenters. The number of ether oxygens (including phenoxy) is 1. The van der Waals surface area contributed by atoms with Crippen molar-refractivity contribution < 1.29 is 9.53 Å². The molecule has 0 bridgehead atoms. The zero-order chi connectivity index (χ0) is 16.1. The first-order valence-corrected chi connectivity index (χ1v) is 7.40. The van der Waals surface area contributed by atoms with E-state index in [-0.39, 0.29) is 5.91 Å². The molecule has 0 saturated carbocycles. The number of rotatable bonds is 6. The van der Waals surface area contributed by atoms with E-state index in [1.165, 1.54) is 6.92 Å². The van der Waals surface area contributed by atoms with Gasteiger partial charge in [0, 0.05) is 18.7 Å². The van der Waals surface area contributed by atoms with Crippen LogP contribution in [0.5, 0.6) is 5.75 Å². The summed E-state index contributed by atoms with van der Waals surface area (Å²) in [5.74, 6) is 1.33. The molecule has 0 unspecified atom stereocenters. The van der Waals surface area contributed by atoms with Crippen molar-refractivity contribution in [1.82, 2.24) is 9.97 Å². The fourth-order valence-corrected chi connectivity index (χ4v) is 2.24. The molecular weight excluding hydrogens is 292 g/mol. The molecule has 1 amide bonds. The number of fused-ring (bicyclic) bond motifs is 1. The van der Waals surface area contributed by atoms with E-state index in [9.17, 15) is 4.79 Å².